The van der Waals surface area contributed by atoms with Crippen molar-refractivity contribution in [2.24, 2.45) is 5.92 Å². The molecule has 0 aromatic rings. The highest BCUT2D eigenvalue weighted by atomic mass is 16.1. The van der Waals surface area contributed by atoms with Gasteiger partial charge in [-0.1, -0.05) is 26.3 Å². The van der Waals surface area contributed by atoms with E-state index < -0.39 is 0 Å². The van der Waals surface area contributed by atoms with Crippen molar-refractivity contribution in [3.8, 4) is 0 Å². The van der Waals surface area contributed by atoms with Gasteiger partial charge in [0.15, 0.2) is 0 Å². The number of hydrogen-bond donors (Lipinski definition) is 1. The van der Waals surface area contributed by atoms with E-state index in [2.05, 4.69) is 25.7 Å². The molecule has 0 saturated heterocycles. The molecule has 0 aromatic heterocycles. The third-order valence-electron chi connectivity index (χ3n) is 1.85. The van der Waals surface area contributed by atoms with Crippen LogP contribution in [0.5, 0.6) is 0 Å². The molecule has 1 N–H and O–H groups in total. The van der Waals surface area contributed by atoms with Crippen molar-refractivity contribution in [2.45, 2.75) is 33.1 Å². The second kappa shape index (κ2) is 7.99. The van der Waals surface area contributed by atoms with Gasteiger partial charge in [-0.05, 0) is 12.3 Å². The summed E-state index contributed by atoms with van der Waals surface area (Å²) in [6.07, 6.45) is 4.64. The van der Waals surface area contributed by atoms with Gasteiger partial charge in [0.25, 0.3) is 0 Å². The van der Waals surface area contributed by atoms with E-state index in [0.717, 1.165) is 19.4 Å². The van der Waals surface area contributed by atoms with Crippen LogP contribution in [0.4, 0.5) is 0 Å². The first kappa shape index (κ1) is 12.4. The molecule has 0 aliphatic rings. The zero-order chi connectivity index (χ0) is 10.1. The molecule has 0 aromatic carbocycles. The van der Waals surface area contributed by atoms with Gasteiger partial charge >= 0.3 is 0 Å². The van der Waals surface area contributed by atoms with E-state index >= 15 is 0 Å². The minimum Gasteiger partial charge on any atom is -0.307 e. The predicted molar refractivity (Wildman–Crippen MR) is 56.8 cm³/mol. The van der Waals surface area contributed by atoms with Gasteiger partial charge in [-0.25, -0.2) is 0 Å². The standard InChI is InChI=1S/C11H21NO/c1-4-8-12-9-11(13)7-5-6-10(2)3/h4,10,12H,1,5-9H2,2-3H3. The third-order valence-corrected chi connectivity index (χ3v) is 1.85. The van der Waals surface area contributed by atoms with Gasteiger partial charge in [0.1, 0.15) is 5.78 Å². The fourth-order valence-corrected chi connectivity index (χ4v) is 1.11. The summed E-state index contributed by atoms with van der Waals surface area (Å²) in [5, 5.41) is 3.01. The molecular formula is C11H21NO. The summed E-state index contributed by atoms with van der Waals surface area (Å²) in [7, 11) is 0. The SMILES string of the molecule is C=CCNCC(=O)CCCC(C)C. The molecule has 0 amide bonds. The van der Waals surface area contributed by atoms with E-state index in [0.29, 0.717) is 24.7 Å². The fourth-order valence-electron chi connectivity index (χ4n) is 1.11. The molecule has 2 nitrogen and oxygen atoms in total. The molecule has 0 bridgehead atoms. The molecule has 0 unspecified atom stereocenters. The molecule has 0 atom stereocenters. The number of hydrogen-bond acceptors (Lipinski definition) is 2. The van der Waals surface area contributed by atoms with Crippen LogP contribution in [-0.4, -0.2) is 18.9 Å². The smallest absolute Gasteiger partial charge is 0.146 e. The Hall–Kier alpha value is -0.630. The summed E-state index contributed by atoms with van der Waals surface area (Å²) in [6, 6.07) is 0. The highest BCUT2D eigenvalue weighted by molar-refractivity contribution is 5.80. The minimum absolute atomic E-state index is 0.308. The van der Waals surface area contributed by atoms with Crippen LogP contribution >= 0.6 is 0 Å². The van der Waals surface area contributed by atoms with Crippen molar-refractivity contribution in [2.75, 3.05) is 13.1 Å². The number of carbonyl (C=O) groups is 1. The van der Waals surface area contributed by atoms with Crippen LogP contribution < -0.4 is 5.32 Å². The lowest BCUT2D eigenvalue weighted by atomic mass is 10.1. The Bertz CT molecular complexity index is 152. The summed E-state index contributed by atoms with van der Waals surface area (Å²) < 4.78 is 0. The van der Waals surface area contributed by atoms with Crippen molar-refractivity contribution in [1.82, 2.24) is 5.32 Å². The first-order chi connectivity index (χ1) is 6.16. The number of carbonyl (C=O) groups excluding carboxylic acids is 1. The summed E-state index contributed by atoms with van der Waals surface area (Å²) in [5.74, 6) is 1.01. The molecular weight excluding hydrogens is 162 g/mol. The van der Waals surface area contributed by atoms with Crippen LogP contribution in [0.3, 0.4) is 0 Å². The summed E-state index contributed by atoms with van der Waals surface area (Å²) in [6.45, 7) is 9.14. The molecule has 0 aliphatic heterocycles. The van der Waals surface area contributed by atoms with Crippen molar-refractivity contribution in [3.05, 3.63) is 12.7 Å². The Balaban J connectivity index is 3.25. The molecule has 76 valence electrons. The lowest BCUT2D eigenvalue weighted by Crippen LogP contribution is -2.22. The Morgan fingerprint density at radius 3 is 2.77 bits per heavy atom. The molecule has 0 aliphatic carbocycles. The van der Waals surface area contributed by atoms with E-state index in [1.807, 2.05) is 0 Å². The highest BCUT2D eigenvalue weighted by Gasteiger charge is 2.01. The van der Waals surface area contributed by atoms with Crippen LogP contribution in [0.25, 0.3) is 0 Å². The van der Waals surface area contributed by atoms with Crippen molar-refractivity contribution < 1.29 is 4.79 Å². The van der Waals surface area contributed by atoms with E-state index in [9.17, 15) is 4.79 Å². The Labute approximate surface area is 81.4 Å². The molecule has 0 saturated carbocycles. The zero-order valence-electron chi connectivity index (χ0n) is 8.81. The number of ketones is 1. The topological polar surface area (TPSA) is 29.1 Å². The molecule has 2 heteroatoms. The maximum atomic E-state index is 11.2. The van der Waals surface area contributed by atoms with E-state index in [-0.39, 0.29) is 0 Å². The summed E-state index contributed by atoms with van der Waals surface area (Å²) in [4.78, 5) is 11.2. The number of rotatable bonds is 8. The second-order valence-corrected chi connectivity index (χ2v) is 3.74. The first-order valence-corrected chi connectivity index (χ1v) is 5.00. The predicted octanol–water partition coefficient (Wildman–Crippen LogP) is 2.16. The average Bonchev–Trinajstić information content (AvgIpc) is 2.04. The second-order valence-electron chi connectivity index (χ2n) is 3.74. The largest absolute Gasteiger partial charge is 0.307 e. The zero-order valence-corrected chi connectivity index (χ0v) is 8.81. The van der Waals surface area contributed by atoms with Crippen molar-refractivity contribution in [3.63, 3.8) is 0 Å². The van der Waals surface area contributed by atoms with Crippen molar-refractivity contribution in [1.29, 1.82) is 0 Å². The van der Waals surface area contributed by atoms with Gasteiger partial charge in [-0.2, -0.15) is 0 Å². The molecule has 0 fully saturated rings. The summed E-state index contributed by atoms with van der Waals surface area (Å²) >= 11 is 0. The van der Waals surface area contributed by atoms with Gasteiger partial charge in [0.05, 0.1) is 6.54 Å². The first-order valence-electron chi connectivity index (χ1n) is 5.00. The van der Waals surface area contributed by atoms with E-state index in [1.54, 1.807) is 6.08 Å². The van der Waals surface area contributed by atoms with Crippen LogP contribution in [-0.2, 0) is 4.79 Å². The number of Topliss-reactive ketones (excluding diaryl/α,β-unsaturated/α-hetero) is 1. The van der Waals surface area contributed by atoms with Crippen LogP contribution in [0.1, 0.15) is 33.1 Å². The molecule has 13 heavy (non-hydrogen) atoms. The summed E-state index contributed by atoms with van der Waals surface area (Å²) in [5.41, 5.74) is 0. The van der Waals surface area contributed by atoms with E-state index in [4.69, 9.17) is 0 Å². The lowest BCUT2D eigenvalue weighted by Gasteiger charge is -2.03. The molecule has 0 rings (SSSR count). The highest BCUT2D eigenvalue weighted by Crippen LogP contribution is 2.05. The Morgan fingerprint density at radius 1 is 1.54 bits per heavy atom. The van der Waals surface area contributed by atoms with Gasteiger partial charge in [-0.3, -0.25) is 4.79 Å². The monoisotopic (exact) mass is 183 g/mol. The Kier molecular flexibility index (Phi) is 7.60. The van der Waals surface area contributed by atoms with Gasteiger partial charge in [-0.15, -0.1) is 6.58 Å². The van der Waals surface area contributed by atoms with Gasteiger partial charge in [0, 0.05) is 13.0 Å². The molecule has 0 spiro atoms. The van der Waals surface area contributed by atoms with Crippen molar-refractivity contribution >= 4 is 5.78 Å². The minimum atomic E-state index is 0.308. The fraction of sp³-hybridized carbons (Fsp3) is 0.727. The Morgan fingerprint density at radius 2 is 2.23 bits per heavy atom. The van der Waals surface area contributed by atoms with E-state index in [1.165, 1.54) is 0 Å². The maximum absolute atomic E-state index is 11.2. The van der Waals surface area contributed by atoms with Crippen LogP contribution in [0, 0.1) is 5.92 Å². The van der Waals surface area contributed by atoms with Crippen LogP contribution in [0.15, 0.2) is 12.7 Å². The average molecular weight is 183 g/mol. The third kappa shape index (κ3) is 9.28. The normalized spacial score (nSPS) is 10.4. The lowest BCUT2D eigenvalue weighted by molar-refractivity contribution is -0.118. The van der Waals surface area contributed by atoms with Gasteiger partial charge < -0.3 is 5.32 Å². The quantitative estimate of drug-likeness (QED) is 0.461. The molecule has 0 radical (unpaired) electrons. The van der Waals surface area contributed by atoms with Crippen LogP contribution in [0.2, 0.25) is 0 Å². The van der Waals surface area contributed by atoms with Gasteiger partial charge in [0.2, 0.25) is 0 Å². The number of nitrogens with one attached hydrogen (secondary N) is 1. The molecule has 0 heterocycles. The maximum Gasteiger partial charge on any atom is 0.146 e.